The number of aromatic nitrogens is 1. The molecule has 3 aliphatic heterocycles. The molecule has 9 nitrogen and oxygen atoms in total. The van der Waals surface area contributed by atoms with Gasteiger partial charge >= 0.3 is 0 Å². The van der Waals surface area contributed by atoms with E-state index in [9.17, 15) is 19.1 Å². The summed E-state index contributed by atoms with van der Waals surface area (Å²) in [6, 6.07) is 3.20. The summed E-state index contributed by atoms with van der Waals surface area (Å²) in [5, 5.41) is 10.5. The van der Waals surface area contributed by atoms with Gasteiger partial charge < -0.3 is 29.3 Å². The normalized spacial score (nSPS) is 23.6. The number of phenolic OH excluding ortho intramolecular Hbond substituents is 1. The molecule has 2 amide bonds. The Hall–Kier alpha value is -3.37. The molecule has 1 aromatic carbocycles. The second kappa shape index (κ2) is 9.83. The third kappa shape index (κ3) is 4.27. The minimum absolute atomic E-state index is 0.0203. The van der Waals surface area contributed by atoms with Crippen molar-refractivity contribution in [1.82, 2.24) is 14.8 Å². The summed E-state index contributed by atoms with van der Waals surface area (Å²) < 4.78 is 26.8. The lowest BCUT2D eigenvalue weighted by Gasteiger charge is -2.42. The van der Waals surface area contributed by atoms with Gasteiger partial charge in [0.25, 0.3) is 5.91 Å². The number of nitrogens with zero attached hydrogens (tertiary/aromatic N) is 4. The van der Waals surface area contributed by atoms with E-state index in [-0.39, 0.29) is 76.2 Å². The van der Waals surface area contributed by atoms with Crippen LogP contribution in [-0.4, -0.2) is 89.3 Å². The minimum atomic E-state index is -0.709. The number of halogens is 2. The first-order valence-electron chi connectivity index (χ1n) is 12.1. The fraction of sp³-hybridized carbons (Fsp3) is 0.423. The topological polar surface area (TPSA) is 95.4 Å². The molecule has 2 fully saturated rings. The number of rotatable bonds is 3. The number of ether oxygens (including phenoxy) is 2. The van der Waals surface area contributed by atoms with Crippen molar-refractivity contribution in [3.8, 4) is 22.8 Å². The average molecular weight is 531 g/mol. The number of amides is 2. The third-order valence-electron chi connectivity index (χ3n) is 7.08. The van der Waals surface area contributed by atoms with Crippen molar-refractivity contribution in [2.45, 2.75) is 32.0 Å². The molecule has 4 heterocycles. The van der Waals surface area contributed by atoms with Crippen LogP contribution in [0.25, 0.3) is 11.3 Å². The van der Waals surface area contributed by atoms with E-state index >= 15 is 0 Å². The lowest BCUT2D eigenvalue weighted by atomic mass is 10.0. The van der Waals surface area contributed by atoms with Crippen LogP contribution in [-0.2, 0) is 9.53 Å². The van der Waals surface area contributed by atoms with E-state index in [0.29, 0.717) is 26.3 Å². The highest BCUT2D eigenvalue weighted by Gasteiger charge is 2.42. The van der Waals surface area contributed by atoms with Crippen molar-refractivity contribution in [3.63, 3.8) is 0 Å². The Balaban J connectivity index is 1.69. The molecule has 2 saturated heterocycles. The predicted octanol–water partition coefficient (Wildman–Crippen LogP) is 3.09. The predicted molar refractivity (Wildman–Crippen MR) is 136 cm³/mol. The van der Waals surface area contributed by atoms with E-state index < -0.39 is 11.9 Å². The standard InChI is InChI=1S/C26H28ClFN4O5/c1-4-19(34)30-8-9-31-16(10-30)13-37-24-21(26(31)35)25(32-14(2)11-36-12-15(32)3)29-23(22(24)27)20-17(28)6-5-7-18(20)33/h4-7,14-16,33H,1,8-13H2,2-3H3/t14-,15+,16-/m1/s1. The summed E-state index contributed by atoms with van der Waals surface area (Å²) in [5.41, 5.74) is -0.0184. The van der Waals surface area contributed by atoms with Crippen molar-refractivity contribution in [1.29, 1.82) is 0 Å². The van der Waals surface area contributed by atoms with Gasteiger partial charge in [-0.1, -0.05) is 24.2 Å². The van der Waals surface area contributed by atoms with Gasteiger partial charge in [0.15, 0.2) is 5.75 Å². The Kier molecular flexibility index (Phi) is 6.72. The molecular formula is C26H28ClFN4O5. The molecule has 37 heavy (non-hydrogen) atoms. The summed E-state index contributed by atoms with van der Waals surface area (Å²) in [5.74, 6) is -1.23. The van der Waals surface area contributed by atoms with Gasteiger partial charge in [-0.05, 0) is 32.1 Å². The fourth-order valence-electron chi connectivity index (χ4n) is 5.30. The number of piperazine rings is 1. The van der Waals surface area contributed by atoms with Crippen molar-refractivity contribution in [3.05, 3.63) is 47.3 Å². The van der Waals surface area contributed by atoms with E-state index in [1.165, 1.54) is 24.3 Å². The van der Waals surface area contributed by atoms with Gasteiger partial charge in [-0.25, -0.2) is 9.37 Å². The van der Waals surface area contributed by atoms with E-state index in [2.05, 4.69) is 6.58 Å². The largest absolute Gasteiger partial charge is 0.507 e. The van der Waals surface area contributed by atoms with Gasteiger partial charge in [-0.3, -0.25) is 9.59 Å². The number of hydrogen-bond donors (Lipinski definition) is 1. The highest BCUT2D eigenvalue weighted by atomic mass is 35.5. The minimum Gasteiger partial charge on any atom is -0.507 e. The van der Waals surface area contributed by atoms with E-state index in [1.807, 2.05) is 18.7 Å². The maximum Gasteiger partial charge on any atom is 0.261 e. The molecule has 0 aliphatic carbocycles. The molecule has 11 heteroatoms. The van der Waals surface area contributed by atoms with Crippen LogP contribution >= 0.6 is 11.6 Å². The molecule has 2 aromatic rings. The average Bonchev–Trinajstić information content (AvgIpc) is 3.02. The molecule has 0 bridgehead atoms. The summed E-state index contributed by atoms with van der Waals surface area (Å²) in [6.07, 6.45) is 1.25. The Morgan fingerprint density at radius 2 is 1.95 bits per heavy atom. The summed E-state index contributed by atoms with van der Waals surface area (Å²) in [7, 11) is 0. The van der Waals surface area contributed by atoms with Crippen LogP contribution in [0.3, 0.4) is 0 Å². The highest BCUT2D eigenvalue weighted by Crippen LogP contribution is 2.46. The zero-order valence-corrected chi connectivity index (χ0v) is 21.4. The number of phenols is 1. The van der Waals surface area contributed by atoms with Crippen LogP contribution in [0.1, 0.15) is 24.2 Å². The lowest BCUT2D eigenvalue weighted by molar-refractivity contribution is -0.128. The van der Waals surface area contributed by atoms with Gasteiger partial charge in [-0.15, -0.1) is 0 Å². The third-order valence-corrected chi connectivity index (χ3v) is 7.43. The van der Waals surface area contributed by atoms with Crippen molar-refractivity contribution < 1.29 is 28.6 Å². The molecule has 0 spiro atoms. The number of pyridine rings is 1. The number of carbonyl (C=O) groups is 2. The monoisotopic (exact) mass is 530 g/mol. The Bertz CT molecular complexity index is 1240. The summed E-state index contributed by atoms with van der Waals surface area (Å²) in [6.45, 7) is 9.25. The van der Waals surface area contributed by atoms with Crippen LogP contribution < -0.4 is 9.64 Å². The van der Waals surface area contributed by atoms with Crippen molar-refractivity contribution in [2.75, 3.05) is 44.4 Å². The quantitative estimate of drug-likeness (QED) is 0.609. The first kappa shape index (κ1) is 25.3. The molecule has 3 aliphatic rings. The molecule has 5 rings (SSSR count). The second-order valence-electron chi connectivity index (χ2n) is 9.53. The number of aromatic hydroxyl groups is 1. The number of carbonyl (C=O) groups excluding carboxylic acids is 2. The molecule has 0 saturated carbocycles. The van der Waals surface area contributed by atoms with Gasteiger partial charge in [-0.2, -0.15) is 0 Å². The van der Waals surface area contributed by atoms with Gasteiger partial charge in [0.1, 0.15) is 40.3 Å². The molecule has 196 valence electrons. The Morgan fingerprint density at radius 1 is 1.22 bits per heavy atom. The Labute approximate surface area is 219 Å². The maximum atomic E-state index is 15.0. The summed E-state index contributed by atoms with van der Waals surface area (Å²) in [4.78, 5) is 36.3. The SMILES string of the molecule is C=CC(=O)N1CCN2C(=O)c3c(N4[C@H](C)COC[C@@H]4C)nc(-c4c(O)cccc4F)c(Cl)c3OC[C@H]2C1. The van der Waals surface area contributed by atoms with Gasteiger partial charge in [0.2, 0.25) is 5.91 Å². The molecule has 1 N–H and O–H groups in total. The number of benzene rings is 1. The van der Waals surface area contributed by atoms with Crippen LogP contribution in [0.2, 0.25) is 5.02 Å². The molecular weight excluding hydrogens is 503 g/mol. The van der Waals surface area contributed by atoms with Crippen LogP contribution in [0.4, 0.5) is 10.2 Å². The second-order valence-corrected chi connectivity index (χ2v) is 9.91. The maximum absolute atomic E-state index is 15.0. The van der Waals surface area contributed by atoms with Crippen molar-refractivity contribution >= 4 is 29.2 Å². The molecule has 0 radical (unpaired) electrons. The number of fused-ring (bicyclic) bond motifs is 2. The van der Waals surface area contributed by atoms with Crippen molar-refractivity contribution in [2.24, 2.45) is 0 Å². The molecule has 3 atom stereocenters. The van der Waals surface area contributed by atoms with Crippen LogP contribution in [0.15, 0.2) is 30.9 Å². The van der Waals surface area contributed by atoms with Gasteiger partial charge in [0, 0.05) is 19.6 Å². The zero-order valence-electron chi connectivity index (χ0n) is 20.6. The number of hydrogen-bond acceptors (Lipinski definition) is 7. The zero-order chi connectivity index (χ0) is 26.4. The Morgan fingerprint density at radius 3 is 2.62 bits per heavy atom. The molecule has 1 aromatic heterocycles. The fourth-order valence-corrected chi connectivity index (χ4v) is 5.58. The highest BCUT2D eigenvalue weighted by molar-refractivity contribution is 6.35. The number of morpholine rings is 1. The van der Waals surface area contributed by atoms with E-state index in [4.69, 9.17) is 26.1 Å². The number of anilines is 1. The first-order valence-corrected chi connectivity index (χ1v) is 12.5. The van der Waals surface area contributed by atoms with Gasteiger partial charge in [0.05, 0.1) is 36.9 Å². The lowest BCUT2D eigenvalue weighted by Crippen LogP contribution is -2.57. The molecule has 0 unspecified atom stereocenters. The summed E-state index contributed by atoms with van der Waals surface area (Å²) >= 11 is 6.77. The van der Waals surface area contributed by atoms with E-state index in [1.54, 1.807) is 9.80 Å². The van der Waals surface area contributed by atoms with Crippen LogP contribution in [0.5, 0.6) is 11.5 Å². The first-order chi connectivity index (χ1) is 17.7. The van der Waals surface area contributed by atoms with E-state index in [0.717, 1.165) is 0 Å². The van der Waals surface area contributed by atoms with Crippen LogP contribution in [0, 0.1) is 5.82 Å². The smallest absolute Gasteiger partial charge is 0.261 e.